The molecule has 2 nitrogen and oxygen atoms in total. The zero-order valence-electron chi connectivity index (χ0n) is 12.1. The van der Waals surface area contributed by atoms with Crippen molar-refractivity contribution in [2.45, 2.75) is 46.0 Å². The molecule has 0 aliphatic carbocycles. The molecule has 0 bridgehead atoms. The molecule has 2 aliphatic rings. The van der Waals surface area contributed by atoms with E-state index < -0.39 is 0 Å². The molecule has 3 rings (SSSR count). The van der Waals surface area contributed by atoms with Gasteiger partial charge in [0.25, 0.3) is 0 Å². The van der Waals surface area contributed by atoms with Crippen molar-refractivity contribution in [3.63, 3.8) is 0 Å². The van der Waals surface area contributed by atoms with Crippen LogP contribution in [0.4, 0.5) is 0 Å². The van der Waals surface area contributed by atoms with Crippen molar-refractivity contribution in [1.82, 2.24) is 0 Å². The van der Waals surface area contributed by atoms with Gasteiger partial charge in [0.15, 0.2) is 0 Å². The average molecular weight is 258 g/mol. The van der Waals surface area contributed by atoms with Gasteiger partial charge in [-0.1, -0.05) is 30.7 Å². The Morgan fingerprint density at radius 1 is 1.16 bits per heavy atom. The predicted octanol–water partition coefficient (Wildman–Crippen LogP) is 4.13. The monoisotopic (exact) mass is 258 g/mol. The standard InChI is InChI=1S/C17H22O2/c1-10(2)9-15-16-11(3)12(4)18-17(16)13-7-5-6-8-14(13)19-15/h5-9,11-12,15-17H,1-4H3/t11-,12-,15-,16+,17-/m0/s1. The SMILES string of the molecule is CC(C)=C[C@@H]1Oc2ccccc2[C@@H]2O[C@@H](C)[C@H](C)[C@H]12. The number of allylic oxidation sites excluding steroid dienone is 1. The molecule has 2 aliphatic heterocycles. The number of hydrogen-bond acceptors (Lipinski definition) is 2. The van der Waals surface area contributed by atoms with Crippen LogP contribution in [0.3, 0.4) is 0 Å². The number of para-hydroxylation sites is 1. The van der Waals surface area contributed by atoms with Gasteiger partial charge in [0.2, 0.25) is 0 Å². The molecule has 1 saturated heterocycles. The molecule has 2 heteroatoms. The topological polar surface area (TPSA) is 18.5 Å². The fourth-order valence-electron chi connectivity index (χ4n) is 3.31. The molecule has 0 spiro atoms. The average Bonchev–Trinajstić information content (AvgIpc) is 2.66. The third-order valence-electron chi connectivity index (χ3n) is 4.42. The van der Waals surface area contributed by atoms with E-state index in [4.69, 9.17) is 9.47 Å². The van der Waals surface area contributed by atoms with Crippen LogP contribution in [0.25, 0.3) is 0 Å². The molecule has 5 atom stereocenters. The Balaban J connectivity index is 2.05. The summed E-state index contributed by atoms with van der Waals surface area (Å²) in [6.45, 7) is 8.70. The molecular formula is C17H22O2. The Morgan fingerprint density at radius 2 is 1.89 bits per heavy atom. The number of rotatable bonds is 1. The summed E-state index contributed by atoms with van der Waals surface area (Å²) in [5.41, 5.74) is 2.51. The molecule has 102 valence electrons. The number of hydrogen-bond donors (Lipinski definition) is 0. The fourth-order valence-corrected chi connectivity index (χ4v) is 3.31. The van der Waals surface area contributed by atoms with Crippen LogP contribution in [0.5, 0.6) is 5.75 Å². The van der Waals surface area contributed by atoms with Crippen molar-refractivity contribution < 1.29 is 9.47 Å². The number of benzene rings is 1. The van der Waals surface area contributed by atoms with Crippen molar-refractivity contribution in [2.75, 3.05) is 0 Å². The highest BCUT2D eigenvalue weighted by Crippen LogP contribution is 2.50. The lowest BCUT2D eigenvalue weighted by Gasteiger charge is -2.35. The minimum atomic E-state index is 0.129. The first-order chi connectivity index (χ1) is 9.08. The zero-order chi connectivity index (χ0) is 13.6. The highest BCUT2D eigenvalue weighted by atomic mass is 16.5. The molecule has 1 aromatic carbocycles. The summed E-state index contributed by atoms with van der Waals surface area (Å²) < 4.78 is 12.4. The zero-order valence-corrected chi connectivity index (χ0v) is 12.1. The van der Waals surface area contributed by atoms with E-state index in [2.05, 4.69) is 52.0 Å². The van der Waals surface area contributed by atoms with E-state index in [1.165, 1.54) is 11.1 Å². The highest BCUT2D eigenvalue weighted by molar-refractivity contribution is 5.39. The molecule has 1 fully saturated rings. The predicted molar refractivity (Wildman–Crippen MR) is 76.2 cm³/mol. The van der Waals surface area contributed by atoms with Gasteiger partial charge in [-0.15, -0.1) is 0 Å². The van der Waals surface area contributed by atoms with Crippen molar-refractivity contribution in [3.8, 4) is 5.75 Å². The summed E-state index contributed by atoms with van der Waals surface area (Å²) in [5, 5.41) is 0. The van der Waals surface area contributed by atoms with Gasteiger partial charge in [-0.2, -0.15) is 0 Å². The lowest BCUT2D eigenvalue weighted by Crippen LogP contribution is -2.35. The van der Waals surface area contributed by atoms with Crippen LogP contribution >= 0.6 is 0 Å². The van der Waals surface area contributed by atoms with Crippen molar-refractivity contribution in [3.05, 3.63) is 41.5 Å². The van der Waals surface area contributed by atoms with Crippen LogP contribution in [0, 0.1) is 11.8 Å². The first-order valence-electron chi connectivity index (χ1n) is 7.14. The second-order valence-corrected chi connectivity index (χ2v) is 6.06. The largest absolute Gasteiger partial charge is 0.486 e. The van der Waals surface area contributed by atoms with Crippen molar-refractivity contribution in [1.29, 1.82) is 0 Å². The van der Waals surface area contributed by atoms with E-state index in [0.717, 1.165) is 5.75 Å². The Bertz CT molecular complexity index is 502. The maximum Gasteiger partial charge on any atom is 0.126 e. The molecule has 0 aromatic heterocycles. The summed E-state index contributed by atoms with van der Waals surface area (Å²) in [6.07, 6.45) is 2.84. The normalized spacial score (nSPS) is 36.1. The van der Waals surface area contributed by atoms with Crippen molar-refractivity contribution >= 4 is 0 Å². The van der Waals surface area contributed by atoms with E-state index in [-0.39, 0.29) is 18.3 Å². The summed E-state index contributed by atoms with van der Waals surface area (Å²) in [7, 11) is 0. The van der Waals surface area contributed by atoms with Crippen LogP contribution in [0.1, 0.15) is 39.4 Å². The van der Waals surface area contributed by atoms with Gasteiger partial charge < -0.3 is 9.47 Å². The summed E-state index contributed by atoms with van der Waals surface area (Å²) in [6, 6.07) is 8.28. The molecule has 2 heterocycles. The van der Waals surface area contributed by atoms with Gasteiger partial charge in [0, 0.05) is 11.5 Å². The maximum atomic E-state index is 6.22. The minimum absolute atomic E-state index is 0.129. The van der Waals surface area contributed by atoms with Gasteiger partial charge in [0.05, 0.1) is 12.2 Å². The van der Waals surface area contributed by atoms with E-state index in [0.29, 0.717) is 11.8 Å². The smallest absolute Gasteiger partial charge is 0.126 e. The van der Waals surface area contributed by atoms with E-state index >= 15 is 0 Å². The quantitative estimate of drug-likeness (QED) is 0.705. The Labute approximate surface area is 115 Å². The Hall–Kier alpha value is -1.28. The van der Waals surface area contributed by atoms with Crippen LogP contribution in [-0.4, -0.2) is 12.2 Å². The summed E-state index contributed by atoms with van der Waals surface area (Å²) in [4.78, 5) is 0. The van der Waals surface area contributed by atoms with Crippen LogP contribution < -0.4 is 4.74 Å². The van der Waals surface area contributed by atoms with Gasteiger partial charge in [-0.25, -0.2) is 0 Å². The molecule has 0 unspecified atom stereocenters. The number of ether oxygens (including phenoxy) is 2. The lowest BCUT2D eigenvalue weighted by molar-refractivity contribution is 0.0102. The Morgan fingerprint density at radius 3 is 2.63 bits per heavy atom. The Kier molecular flexibility index (Phi) is 3.14. The van der Waals surface area contributed by atoms with Gasteiger partial charge >= 0.3 is 0 Å². The number of fused-ring (bicyclic) bond motifs is 3. The summed E-state index contributed by atoms with van der Waals surface area (Å²) >= 11 is 0. The third-order valence-corrected chi connectivity index (χ3v) is 4.42. The molecule has 0 radical (unpaired) electrons. The van der Waals surface area contributed by atoms with Gasteiger partial charge in [0.1, 0.15) is 11.9 Å². The first-order valence-corrected chi connectivity index (χ1v) is 7.14. The van der Waals surface area contributed by atoms with Crippen molar-refractivity contribution in [2.24, 2.45) is 11.8 Å². The third kappa shape index (κ3) is 2.08. The molecule has 0 saturated carbocycles. The maximum absolute atomic E-state index is 6.22. The second-order valence-electron chi connectivity index (χ2n) is 6.06. The summed E-state index contributed by atoms with van der Waals surface area (Å²) in [5.74, 6) is 1.91. The van der Waals surface area contributed by atoms with Crippen LogP contribution in [0.15, 0.2) is 35.9 Å². The van der Waals surface area contributed by atoms with E-state index in [9.17, 15) is 0 Å². The second kappa shape index (κ2) is 4.68. The molecule has 19 heavy (non-hydrogen) atoms. The molecule has 0 amide bonds. The fraction of sp³-hybridized carbons (Fsp3) is 0.529. The first kappa shape index (κ1) is 12.7. The molecule has 1 aromatic rings. The van der Waals surface area contributed by atoms with Crippen LogP contribution in [0.2, 0.25) is 0 Å². The van der Waals surface area contributed by atoms with Crippen LogP contribution in [-0.2, 0) is 4.74 Å². The van der Waals surface area contributed by atoms with Gasteiger partial charge in [-0.3, -0.25) is 0 Å². The minimum Gasteiger partial charge on any atom is -0.486 e. The van der Waals surface area contributed by atoms with E-state index in [1.807, 2.05) is 6.07 Å². The molecule has 0 N–H and O–H groups in total. The molecular weight excluding hydrogens is 236 g/mol. The van der Waals surface area contributed by atoms with Gasteiger partial charge in [-0.05, 0) is 38.8 Å². The van der Waals surface area contributed by atoms with E-state index in [1.54, 1.807) is 0 Å². The lowest BCUT2D eigenvalue weighted by atomic mass is 9.79. The highest BCUT2D eigenvalue weighted by Gasteiger charge is 2.48.